The van der Waals surface area contributed by atoms with Gasteiger partial charge in [0.25, 0.3) is 17.6 Å². The van der Waals surface area contributed by atoms with Crippen LogP contribution in [0.1, 0.15) is 60.9 Å². The van der Waals surface area contributed by atoms with E-state index in [-0.39, 0.29) is 28.3 Å². The highest BCUT2D eigenvalue weighted by atomic mass is 16.5. The number of carbonyl (C=O) groups is 3. The number of hydrogen-bond donors (Lipinski definition) is 1. The van der Waals surface area contributed by atoms with Crippen molar-refractivity contribution in [3.05, 3.63) is 65.2 Å². The zero-order valence-electron chi connectivity index (χ0n) is 26.1. The summed E-state index contributed by atoms with van der Waals surface area (Å²) in [7, 11) is 1.45. The van der Waals surface area contributed by atoms with E-state index in [0.29, 0.717) is 36.4 Å². The van der Waals surface area contributed by atoms with Gasteiger partial charge in [0.15, 0.2) is 5.75 Å². The molecule has 4 rings (SSSR count). The fourth-order valence-corrected chi connectivity index (χ4v) is 5.22. The van der Waals surface area contributed by atoms with Crippen molar-refractivity contribution in [2.75, 3.05) is 65.0 Å². The van der Waals surface area contributed by atoms with E-state index in [2.05, 4.69) is 10.2 Å². The third-order valence-corrected chi connectivity index (χ3v) is 7.79. The minimum Gasteiger partial charge on any atom is -0.494 e. The van der Waals surface area contributed by atoms with Crippen LogP contribution in [0, 0.1) is 0 Å². The number of morpholine rings is 1. The van der Waals surface area contributed by atoms with Gasteiger partial charge in [-0.15, -0.1) is 0 Å². The van der Waals surface area contributed by atoms with Gasteiger partial charge in [-0.3, -0.25) is 19.3 Å². The molecule has 1 fully saturated rings. The lowest BCUT2D eigenvalue weighted by Crippen LogP contribution is -2.38. The Morgan fingerprint density at radius 2 is 1.63 bits per heavy atom. The van der Waals surface area contributed by atoms with Crippen LogP contribution < -0.4 is 14.8 Å². The summed E-state index contributed by atoms with van der Waals surface area (Å²) in [5.74, 6) is -0.850. The Morgan fingerprint density at radius 1 is 0.953 bits per heavy atom. The van der Waals surface area contributed by atoms with E-state index in [1.165, 1.54) is 7.11 Å². The second-order valence-corrected chi connectivity index (χ2v) is 11.6. The molecule has 1 N–H and O–H groups in total. The van der Waals surface area contributed by atoms with E-state index in [1.54, 1.807) is 23.1 Å². The molecule has 0 atom stereocenters. The summed E-state index contributed by atoms with van der Waals surface area (Å²) in [6.07, 6.45) is 0. The highest BCUT2D eigenvalue weighted by molar-refractivity contribution is 6.48. The SMILES string of the molecule is CCN(CC)C(=O)c1cc(C(C)(C)C)cc(NC(=O)C(=O)c2ccc(OCCN3CCOCC3)c3ccccc23)c1OC. The Kier molecular flexibility index (Phi) is 10.4. The Morgan fingerprint density at radius 3 is 2.26 bits per heavy atom. The van der Waals surface area contributed by atoms with Crippen LogP contribution in [0.15, 0.2) is 48.5 Å². The number of Topliss-reactive ketones (excluding diaryl/α,β-unsaturated/α-hetero) is 1. The average molecular weight is 590 g/mol. The molecule has 1 aliphatic rings. The van der Waals surface area contributed by atoms with Crippen molar-refractivity contribution in [1.82, 2.24) is 9.80 Å². The fourth-order valence-electron chi connectivity index (χ4n) is 5.22. The molecule has 0 saturated carbocycles. The summed E-state index contributed by atoms with van der Waals surface area (Å²) in [6, 6.07) is 14.4. The molecule has 9 heteroatoms. The number of ether oxygens (including phenoxy) is 3. The third kappa shape index (κ3) is 7.35. The molecule has 1 heterocycles. The van der Waals surface area contributed by atoms with Crippen LogP contribution in [0.4, 0.5) is 5.69 Å². The topological polar surface area (TPSA) is 97.4 Å². The van der Waals surface area contributed by atoms with Gasteiger partial charge in [0.1, 0.15) is 12.4 Å². The number of anilines is 1. The van der Waals surface area contributed by atoms with Gasteiger partial charge in [-0.25, -0.2) is 0 Å². The van der Waals surface area contributed by atoms with Gasteiger partial charge in [-0.1, -0.05) is 45.0 Å². The lowest BCUT2D eigenvalue weighted by molar-refractivity contribution is -0.112. The van der Waals surface area contributed by atoms with Crippen molar-refractivity contribution in [2.24, 2.45) is 0 Å². The monoisotopic (exact) mass is 589 g/mol. The van der Waals surface area contributed by atoms with Crippen molar-refractivity contribution in [3.63, 3.8) is 0 Å². The van der Waals surface area contributed by atoms with E-state index in [1.807, 2.05) is 65.0 Å². The molecule has 3 aromatic carbocycles. The molecule has 2 amide bonds. The lowest BCUT2D eigenvalue weighted by atomic mass is 9.85. The van der Waals surface area contributed by atoms with Gasteiger partial charge in [0.2, 0.25) is 0 Å². The van der Waals surface area contributed by atoms with Crippen LogP contribution in [-0.4, -0.2) is 87.1 Å². The van der Waals surface area contributed by atoms with Gasteiger partial charge in [-0.2, -0.15) is 0 Å². The molecule has 1 saturated heterocycles. The predicted octanol–water partition coefficient (Wildman–Crippen LogP) is 5.16. The number of fused-ring (bicyclic) bond motifs is 1. The lowest BCUT2D eigenvalue weighted by Gasteiger charge is -2.26. The number of benzene rings is 3. The molecule has 0 bridgehead atoms. The number of rotatable bonds is 11. The quantitative estimate of drug-likeness (QED) is 0.244. The van der Waals surface area contributed by atoms with Gasteiger partial charge in [0.05, 0.1) is 31.6 Å². The van der Waals surface area contributed by atoms with Crippen LogP contribution in [0.25, 0.3) is 10.8 Å². The summed E-state index contributed by atoms with van der Waals surface area (Å²) in [6.45, 7) is 15.4. The number of carbonyl (C=O) groups excluding carboxylic acids is 3. The summed E-state index contributed by atoms with van der Waals surface area (Å²) < 4.78 is 17.2. The van der Waals surface area contributed by atoms with Crippen molar-refractivity contribution in [2.45, 2.75) is 40.0 Å². The number of methoxy groups -OCH3 is 1. The van der Waals surface area contributed by atoms with Gasteiger partial charge in [0, 0.05) is 43.7 Å². The van der Waals surface area contributed by atoms with Crippen LogP contribution >= 0.6 is 0 Å². The van der Waals surface area contributed by atoms with Gasteiger partial charge >= 0.3 is 0 Å². The molecule has 0 aliphatic carbocycles. The molecular formula is C34H43N3O6. The molecule has 0 radical (unpaired) electrons. The fraction of sp³-hybridized carbons (Fsp3) is 0.441. The molecule has 3 aromatic rings. The van der Waals surface area contributed by atoms with E-state index in [4.69, 9.17) is 14.2 Å². The van der Waals surface area contributed by atoms with Crippen molar-refractivity contribution < 1.29 is 28.6 Å². The number of amides is 2. The molecule has 0 aromatic heterocycles. The molecule has 43 heavy (non-hydrogen) atoms. The van der Waals surface area contributed by atoms with Crippen LogP contribution in [0.3, 0.4) is 0 Å². The predicted molar refractivity (Wildman–Crippen MR) is 169 cm³/mol. The van der Waals surface area contributed by atoms with Crippen LogP contribution in [-0.2, 0) is 14.9 Å². The standard InChI is InChI=1S/C34H43N3O6/c1-7-37(8-2)33(40)27-21-23(34(3,4)5)22-28(31(27)41-6)35-32(39)30(38)26-13-14-29(25-12-10-9-11-24(25)26)43-20-17-36-15-18-42-19-16-36/h9-14,21-22H,7-8,15-20H2,1-6H3,(H,35,39). The van der Waals surface area contributed by atoms with E-state index in [9.17, 15) is 14.4 Å². The zero-order valence-corrected chi connectivity index (χ0v) is 26.1. The minimum atomic E-state index is -0.822. The molecule has 230 valence electrons. The highest BCUT2D eigenvalue weighted by Gasteiger charge is 2.28. The first kappa shape index (κ1) is 32.0. The first-order valence-electron chi connectivity index (χ1n) is 14.9. The zero-order chi connectivity index (χ0) is 31.1. The second-order valence-electron chi connectivity index (χ2n) is 11.6. The summed E-state index contributed by atoms with van der Waals surface area (Å²) >= 11 is 0. The van der Waals surface area contributed by atoms with Crippen molar-refractivity contribution in [1.29, 1.82) is 0 Å². The van der Waals surface area contributed by atoms with Crippen molar-refractivity contribution >= 4 is 34.1 Å². The van der Waals surface area contributed by atoms with Gasteiger partial charge in [-0.05, 0) is 54.5 Å². The number of ketones is 1. The highest BCUT2D eigenvalue weighted by Crippen LogP contribution is 2.36. The van der Waals surface area contributed by atoms with E-state index >= 15 is 0 Å². The summed E-state index contributed by atoms with van der Waals surface area (Å²) in [5.41, 5.74) is 1.37. The Hall–Kier alpha value is -3.95. The van der Waals surface area contributed by atoms with Crippen LogP contribution in [0.5, 0.6) is 11.5 Å². The first-order valence-corrected chi connectivity index (χ1v) is 14.9. The number of nitrogens with one attached hydrogen (secondary N) is 1. The van der Waals surface area contributed by atoms with E-state index < -0.39 is 11.7 Å². The molecular weight excluding hydrogens is 546 g/mol. The molecule has 0 spiro atoms. The average Bonchev–Trinajstić information content (AvgIpc) is 3.01. The van der Waals surface area contributed by atoms with E-state index in [0.717, 1.165) is 43.8 Å². The largest absolute Gasteiger partial charge is 0.494 e. The maximum absolute atomic E-state index is 13.6. The molecule has 1 aliphatic heterocycles. The Labute approximate surface area is 254 Å². The Balaban J connectivity index is 1.62. The second kappa shape index (κ2) is 14.0. The first-order chi connectivity index (χ1) is 20.6. The molecule has 9 nitrogen and oxygen atoms in total. The maximum Gasteiger partial charge on any atom is 0.296 e. The van der Waals surface area contributed by atoms with Crippen LogP contribution in [0.2, 0.25) is 0 Å². The smallest absolute Gasteiger partial charge is 0.296 e. The molecule has 0 unspecified atom stereocenters. The maximum atomic E-state index is 13.6. The summed E-state index contributed by atoms with van der Waals surface area (Å²) in [4.78, 5) is 44.5. The Bertz CT molecular complexity index is 1470. The van der Waals surface area contributed by atoms with Crippen molar-refractivity contribution in [3.8, 4) is 11.5 Å². The normalized spacial score (nSPS) is 13.9. The number of nitrogens with zero attached hydrogens (tertiary/aromatic N) is 2. The van der Waals surface area contributed by atoms with Gasteiger partial charge < -0.3 is 24.4 Å². The third-order valence-electron chi connectivity index (χ3n) is 7.79. The minimum absolute atomic E-state index is 0.204. The summed E-state index contributed by atoms with van der Waals surface area (Å²) in [5, 5.41) is 4.14. The number of hydrogen-bond acceptors (Lipinski definition) is 7.